The molecule has 0 bridgehead atoms. The molecule has 0 spiro atoms. The lowest BCUT2D eigenvalue weighted by Crippen LogP contribution is -2.38. The van der Waals surface area contributed by atoms with Crippen LogP contribution in [0.4, 0.5) is 5.69 Å². The number of fused-ring (bicyclic) bond motifs is 3. The smallest absolute Gasteiger partial charge is 0.271 e. The average molecular weight is 550 g/mol. The highest BCUT2D eigenvalue weighted by atomic mass is 35.5. The second-order valence-corrected chi connectivity index (χ2v) is 10.6. The highest BCUT2D eigenvalue weighted by molar-refractivity contribution is 7.07. The van der Waals surface area contributed by atoms with Crippen LogP contribution in [0, 0.1) is 10.1 Å². The van der Waals surface area contributed by atoms with Crippen LogP contribution in [0.25, 0.3) is 11.8 Å². The molecule has 6 rings (SSSR count). The number of phenolic OH excluding ortho intramolecular Hbond substituents is 1. The van der Waals surface area contributed by atoms with Gasteiger partial charge < -0.3 is 5.11 Å². The van der Waals surface area contributed by atoms with E-state index in [2.05, 4.69) is 6.07 Å². The zero-order valence-electron chi connectivity index (χ0n) is 19.0. The van der Waals surface area contributed by atoms with E-state index in [9.17, 15) is 20.0 Å². The maximum absolute atomic E-state index is 13.8. The molecule has 1 atom stereocenters. The summed E-state index contributed by atoms with van der Waals surface area (Å²) in [6, 6.07) is 17.0. The van der Waals surface area contributed by atoms with Crippen LogP contribution in [0.3, 0.4) is 0 Å². The highest BCUT2D eigenvalue weighted by Gasteiger charge is 2.33. The fraction of sp³-hybridized carbons (Fsp3) is 0.111. The maximum atomic E-state index is 13.8. The third kappa shape index (κ3) is 3.98. The molecular weight excluding hydrogens is 533 g/mol. The molecule has 4 aromatic rings. The zero-order chi connectivity index (χ0) is 25.8. The molecule has 0 fully saturated rings. The van der Waals surface area contributed by atoms with Crippen molar-refractivity contribution in [1.82, 2.24) is 4.57 Å². The van der Waals surface area contributed by atoms with E-state index >= 15 is 0 Å². The summed E-state index contributed by atoms with van der Waals surface area (Å²) < 4.78 is 2.02. The number of rotatable bonds is 3. The van der Waals surface area contributed by atoms with Gasteiger partial charge >= 0.3 is 0 Å². The van der Waals surface area contributed by atoms with Gasteiger partial charge in [0.15, 0.2) is 10.6 Å². The fourth-order valence-corrected chi connectivity index (χ4v) is 6.46. The average Bonchev–Trinajstić information content (AvgIpc) is 3.20. The molecule has 3 aromatic carbocycles. The van der Waals surface area contributed by atoms with Gasteiger partial charge in [-0.25, -0.2) is 4.99 Å². The Balaban J connectivity index is 1.63. The molecule has 2 heterocycles. The first kappa shape index (κ1) is 23.7. The van der Waals surface area contributed by atoms with Crippen molar-refractivity contribution in [3.63, 3.8) is 0 Å². The summed E-state index contributed by atoms with van der Waals surface area (Å²) in [7, 11) is 0. The van der Waals surface area contributed by atoms with Crippen LogP contribution in [0.5, 0.6) is 5.75 Å². The Morgan fingerprint density at radius 1 is 1.08 bits per heavy atom. The number of phenols is 1. The Labute approximate surface area is 224 Å². The van der Waals surface area contributed by atoms with E-state index in [-0.39, 0.29) is 27.0 Å². The summed E-state index contributed by atoms with van der Waals surface area (Å²) in [4.78, 5) is 30.3. The van der Waals surface area contributed by atoms with Crippen LogP contribution < -0.4 is 14.9 Å². The van der Waals surface area contributed by atoms with E-state index in [1.807, 2.05) is 24.3 Å². The molecule has 0 saturated heterocycles. The Kier molecular flexibility index (Phi) is 5.75. The van der Waals surface area contributed by atoms with Crippen molar-refractivity contribution in [3.8, 4) is 5.75 Å². The third-order valence-corrected chi connectivity index (χ3v) is 8.17. The fourth-order valence-electron chi connectivity index (χ4n) is 4.95. The molecule has 1 aliphatic carbocycles. The number of aromatic nitrogens is 1. The largest absolute Gasteiger partial charge is 0.505 e. The number of aryl methyl sites for hydroxylation is 1. The van der Waals surface area contributed by atoms with Crippen molar-refractivity contribution in [2.45, 2.75) is 18.9 Å². The zero-order valence-corrected chi connectivity index (χ0v) is 21.3. The molecule has 1 aliphatic heterocycles. The maximum Gasteiger partial charge on any atom is 0.271 e. The highest BCUT2D eigenvalue weighted by Crippen LogP contribution is 2.41. The summed E-state index contributed by atoms with van der Waals surface area (Å²) >= 11 is 13.4. The number of aromatic hydroxyl groups is 1. The predicted octanol–water partition coefficient (Wildman–Crippen LogP) is 5.24. The quantitative estimate of drug-likeness (QED) is 0.279. The summed E-state index contributed by atoms with van der Waals surface area (Å²) in [5.74, 6) is -0.223. The molecule has 184 valence electrons. The number of thiazole rings is 1. The monoisotopic (exact) mass is 549 g/mol. The van der Waals surface area contributed by atoms with Crippen molar-refractivity contribution in [2.24, 2.45) is 4.99 Å². The van der Waals surface area contributed by atoms with Crippen LogP contribution in [0.1, 0.15) is 34.7 Å². The molecule has 37 heavy (non-hydrogen) atoms. The molecule has 1 aromatic heterocycles. The Morgan fingerprint density at radius 2 is 1.84 bits per heavy atom. The SMILES string of the molecule is O=c1/c(=C\c2cc(Cl)c(O)c(Cl)c2)sc2n1[C@H](c1cccc([N+](=O)[O-])c1)C1=C(N=2)c2ccccc2CC1. The molecule has 1 N–H and O–H groups in total. The van der Waals surface area contributed by atoms with E-state index in [0.29, 0.717) is 26.9 Å². The van der Waals surface area contributed by atoms with Crippen molar-refractivity contribution in [3.05, 3.63) is 128 Å². The van der Waals surface area contributed by atoms with Crippen molar-refractivity contribution >= 4 is 52.0 Å². The number of hydrogen-bond acceptors (Lipinski definition) is 6. The topological polar surface area (TPSA) is 97.7 Å². The van der Waals surface area contributed by atoms with Crippen LogP contribution >= 0.6 is 34.5 Å². The summed E-state index contributed by atoms with van der Waals surface area (Å²) in [5.41, 5.74) is 4.84. The number of nitro benzene ring substituents is 1. The van der Waals surface area contributed by atoms with Crippen LogP contribution in [0.15, 0.2) is 76.0 Å². The molecule has 0 unspecified atom stereocenters. The van der Waals surface area contributed by atoms with E-state index in [0.717, 1.165) is 23.3 Å². The predicted molar refractivity (Wildman–Crippen MR) is 144 cm³/mol. The number of allylic oxidation sites excluding steroid dienone is 1. The van der Waals surface area contributed by atoms with Gasteiger partial charge in [0.05, 0.1) is 31.2 Å². The van der Waals surface area contributed by atoms with Gasteiger partial charge in [-0.15, -0.1) is 0 Å². The lowest BCUT2D eigenvalue weighted by atomic mass is 9.83. The first-order valence-electron chi connectivity index (χ1n) is 11.4. The van der Waals surface area contributed by atoms with E-state index in [1.165, 1.54) is 41.2 Å². The van der Waals surface area contributed by atoms with Gasteiger partial charge in [0.25, 0.3) is 11.2 Å². The van der Waals surface area contributed by atoms with E-state index in [1.54, 1.807) is 16.7 Å². The van der Waals surface area contributed by atoms with Crippen LogP contribution in [-0.2, 0) is 6.42 Å². The number of non-ortho nitro benzene ring substituents is 1. The number of hydrogen-bond donors (Lipinski definition) is 1. The molecular formula is C27H17Cl2N3O4S. The molecule has 2 aliphatic rings. The number of nitro groups is 1. The number of halogens is 2. The van der Waals surface area contributed by atoms with Crippen molar-refractivity contribution in [1.29, 1.82) is 0 Å². The van der Waals surface area contributed by atoms with Crippen molar-refractivity contribution in [2.75, 3.05) is 0 Å². The van der Waals surface area contributed by atoms with Gasteiger partial charge in [0.1, 0.15) is 0 Å². The minimum absolute atomic E-state index is 0.0386. The minimum Gasteiger partial charge on any atom is -0.505 e. The first-order valence-corrected chi connectivity index (χ1v) is 12.9. The Bertz CT molecular complexity index is 1820. The van der Waals surface area contributed by atoms with Gasteiger partial charge in [-0.2, -0.15) is 0 Å². The Hall–Kier alpha value is -3.72. The first-order chi connectivity index (χ1) is 17.8. The molecule has 0 saturated carbocycles. The number of benzene rings is 3. The summed E-state index contributed by atoms with van der Waals surface area (Å²) in [6.45, 7) is 0. The van der Waals surface area contributed by atoms with Gasteiger partial charge in [-0.3, -0.25) is 19.5 Å². The van der Waals surface area contributed by atoms with Gasteiger partial charge in [-0.1, -0.05) is 70.9 Å². The number of nitrogens with zero attached hydrogens (tertiary/aromatic N) is 3. The summed E-state index contributed by atoms with van der Waals surface area (Å²) in [5, 5.41) is 21.6. The van der Waals surface area contributed by atoms with Gasteiger partial charge in [0.2, 0.25) is 0 Å². The molecule has 7 nitrogen and oxygen atoms in total. The second kappa shape index (κ2) is 8.99. The van der Waals surface area contributed by atoms with Gasteiger partial charge in [-0.05, 0) is 53.3 Å². The molecule has 10 heteroatoms. The van der Waals surface area contributed by atoms with E-state index < -0.39 is 11.0 Å². The molecule has 0 amide bonds. The van der Waals surface area contributed by atoms with Crippen LogP contribution in [-0.4, -0.2) is 14.6 Å². The van der Waals surface area contributed by atoms with Crippen molar-refractivity contribution < 1.29 is 10.0 Å². The molecule has 0 radical (unpaired) electrons. The Morgan fingerprint density at radius 3 is 2.59 bits per heavy atom. The normalized spacial score (nSPS) is 16.6. The third-order valence-electron chi connectivity index (χ3n) is 6.61. The van der Waals surface area contributed by atoms with Crippen LogP contribution in [0.2, 0.25) is 10.0 Å². The van der Waals surface area contributed by atoms with Gasteiger partial charge in [0, 0.05) is 17.7 Å². The lowest BCUT2D eigenvalue weighted by Gasteiger charge is -2.30. The summed E-state index contributed by atoms with van der Waals surface area (Å²) in [6.07, 6.45) is 3.11. The van der Waals surface area contributed by atoms with E-state index in [4.69, 9.17) is 28.2 Å². The minimum atomic E-state index is -0.534. The second-order valence-electron chi connectivity index (χ2n) is 8.80. The standard InChI is InChI=1S/C27H17Cl2N3O4S/c28-20-10-14(11-21(29)25(20)33)12-22-26(34)31-24(16-5-3-6-17(13-16)32(35)36)19-9-8-15-4-1-2-7-18(15)23(19)30-27(31)37-22/h1-7,10-13,24,33H,8-9H2/b22-12+/t24-/m1/s1. The lowest BCUT2D eigenvalue weighted by molar-refractivity contribution is -0.384.